The fourth-order valence-corrected chi connectivity index (χ4v) is 3.42. The van der Waals surface area contributed by atoms with E-state index < -0.39 is 8.60 Å². The van der Waals surface area contributed by atoms with E-state index in [1.807, 2.05) is 6.92 Å². The number of hydrogen-bond donors (Lipinski definition) is 1. The summed E-state index contributed by atoms with van der Waals surface area (Å²) in [5.74, 6) is 0. The van der Waals surface area contributed by atoms with Gasteiger partial charge in [-0.2, -0.15) is 0 Å². The first-order valence-corrected chi connectivity index (χ1v) is 11.8. The summed E-state index contributed by atoms with van der Waals surface area (Å²) in [7, 11) is 4.34. The van der Waals surface area contributed by atoms with Gasteiger partial charge in [-0.1, -0.05) is 69.2 Å². The molecule has 0 aliphatic heterocycles. The van der Waals surface area contributed by atoms with Crippen LogP contribution in [0.15, 0.2) is 60.7 Å². The summed E-state index contributed by atoms with van der Waals surface area (Å²) in [6.07, 6.45) is 0. The van der Waals surface area contributed by atoms with Crippen molar-refractivity contribution >= 4 is 33.5 Å². The average Bonchev–Trinajstić information content (AvgIpc) is 2.96. The summed E-state index contributed by atoms with van der Waals surface area (Å²) >= 11 is 0. The maximum atomic E-state index is 7.50. The van der Waals surface area contributed by atoms with Gasteiger partial charge in [-0.3, -0.25) is 4.99 Å². The topological polar surface area (TPSA) is 141 Å². The monoisotopic (exact) mass is 661 g/mol. The predicted octanol–water partition coefficient (Wildman–Crippen LogP) is 3.05. The molecule has 0 aliphatic rings. The van der Waals surface area contributed by atoms with Gasteiger partial charge in [-0.15, -0.1) is 0 Å². The second-order valence-corrected chi connectivity index (χ2v) is 8.66. The van der Waals surface area contributed by atoms with Gasteiger partial charge in [0.2, 0.25) is 0 Å². The minimum atomic E-state index is -1.05. The first-order valence-electron chi connectivity index (χ1n) is 9.66. The Kier molecular flexibility index (Phi) is 83.3. The zero-order chi connectivity index (χ0) is 30.5. The molecule has 1 N–H and O–H groups in total. The largest absolute Gasteiger partial charge is 0.317 e. The molecule has 0 saturated carbocycles. The fraction of sp³-hybridized carbons (Fsp3) is 0.269. The van der Waals surface area contributed by atoms with Crippen LogP contribution in [0.4, 0.5) is 0 Å². The van der Waals surface area contributed by atoms with Gasteiger partial charge >= 0.3 is 65.1 Å². The van der Waals surface area contributed by atoms with Crippen molar-refractivity contribution in [2.75, 3.05) is 21.3 Å². The minimum absolute atomic E-state index is 0. The Morgan fingerprint density at radius 3 is 1.08 bits per heavy atom. The van der Waals surface area contributed by atoms with Crippen molar-refractivity contribution in [3.8, 4) is 0 Å². The summed E-state index contributed by atoms with van der Waals surface area (Å²) < 4.78 is 51.5. The van der Waals surface area contributed by atoms with Gasteiger partial charge < -0.3 is 20.5 Å². The molecule has 9 nitrogen and oxygen atoms in total. The van der Waals surface area contributed by atoms with Crippen LogP contribution in [0.3, 0.4) is 0 Å². The second-order valence-electron chi connectivity index (χ2n) is 5.71. The molecule has 39 heavy (non-hydrogen) atoms. The van der Waals surface area contributed by atoms with Gasteiger partial charge in [-0.05, 0) is 31.4 Å². The van der Waals surface area contributed by atoms with E-state index in [2.05, 4.69) is 133 Å². The molecule has 0 amide bonds. The van der Waals surface area contributed by atoms with E-state index in [9.17, 15) is 0 Å². The van der Waals surface area contributed by atoms with Crippen LogP contribution in [-0.2, 0) is 71.0 Å². The summed E-state index contributed by atoms with van der Waals surface area (Å²) in [6, 6.07) is 21.7. The Labute approximate surface area is 257 Å². The molecule has 2 aromatic carbocycles. The summed E-state index contributed by atoms with van der Waals surface area (Å²) in [6.45, 7) is 32.3. The van der Waals surface area contributed by atoms with Crippen molar-refractivity contribution in [2.45, 2.75) is 26.8 Å². The van der Waals surface area contributed by atoms with Crippen LogP contribution in [0.25, 0.3) is 0 Å². The van der Waals surface area contributed by atoms with Crippen molar-refractivity contribution in [2.24, 2.45) is 0 Å². The molecular weight excluding hydrogens is 628 g/mol. The first kappa shape index (κ1) is 57.4. The molecule has 2 aromatic rings. The molecule has 0 radical (unpaired) electrons. The molecule has 0 fully saturated rings. The Balaban J connectivity index is -0.0000000542. The van der Waals surface area contributed by atoms with Crippen molar-refractivity contribution in [1.82, 2.24) is 0 Å². The van der Waals surface area contributed by atoms with Gasteiger partial charge in [0.25, 0.3) is 0 Å². The maximum absolute atomic E-state index is 7.50. The van der Waals surface area contributed by atoms with E-state index in [0.29, 0.717) is 6.04 Å². The zero-order valence-corrected chi connectivity index (χ0v) is 26.6. The Bertz CT molecular complexity index is 747. The van der Waals surface area contributed by atoms with Crippen molar-refractivity contribution < 1.29 is 76.0 Å². The molecule has 0 bridgehead atoms. The predicted molar refractivity (Wildman–Crippen MR) is 140 cm³/mol. The minimum Gasteiger partial charge on any atom is -0.317 e. The van der Waals surface area contributed by atoms with Crippen molar-refractivity contribution in [3.63, 3.8) is 0 Å². The Hall–Kier alpha value is -1.54. The SMILES string of the molecule is COP(OC)OC.[C-]#[O+].[C-]#[O+].[C-]#[O+].[C-]#[O+].[C-]#[O+].[CH2-]C(C)=[NH+]C(C)C.[Fe].[Fe].c1ccc(Pc2ccccc2)cc1. The van der Waals surface area contributed by atoms with Crippen molar-refractivity contribution in [3.05, 3.63) is 101 Å². The average molecular weight is 661 g/mol. The Morgan fingerprint density at radius 2 is 0.949 bits per heavy atom. The molecular formula is C26H33Fe2NO8P2. The zero-order valence-electron chi connectivity index (χ0n) is 22.5. The summed E-state index contributed by atoms with van der Waals surface area (Å²) in [5.41, 5.74) is 1.04. The van der Waals surface area contributed by atoms with E-state index >= 15 is 0 Å². The van der Waals surface area contributed by atoms with Crippen LogP contribution in [0, 0.1) is 40.2 Å². The van der Waals surface area contributed by atoms with Crippen LogP contribution in [0.1, 0.15) is 20.8 Å². The van der Waals surface area contributed by atoms with Gasteiger partial charge in [0, 0.05) is 61.2 Å². The molecule has 216 valence electrons. The Morgan fingerprint density at radius 1 is 0.692 bits per heavy atom. The maximum Gasteiger partial charge on any atom is 0.142 e. The molecule has 13 heteroatoms. The molecule has 0 saturated heterocycles. The molecule has 0 unspecified atom stereocenters. The first-order chi connectivity index (χ1) is 17.9. The molecule has 0 spiro atoms. The van der Waals surface area contributed by atoms with E-state index in [4.69, 9.17) is 23.3 Å². The molecule has 0 heterocycles. The van der Waals surface area contributed by atoms with Crippen molar-refractivity contribution in [1.29, 1.82) is 0 Å². The van der Waals surface area contributed by atoms with Gasteiger partial charge in [0.05, 0.1) is 0 Å². The molecule has 0 aliphatic carbocycles. The summed E-state index contributed by atoms with van der Waals surface area (Å²) in [4.78, 5) is 3.11. The van der Waals surface area contributed by atoms with E-state index in [1.54, 1.807) is 21.3 Å². The van der Waals surface area contributed by atoms with Crippen LogP contribution in [0.2, 0.25) is 0 Å². The van der Waals surface area contributed by atoms with Crippen LogP contribution in [0.5, 0.6) is 0 Å². The number of rotatable bonds is 6. The van der Waals surface area contributed by atoms with Gasteiger partial charge in [-0.25, -0.2) is 0 Å². The van der Waals surface area contributed by atoms with Crippen LogP contribution in [-0.4, -0.2) is 33.1 Å². The normalized spacial score (nSPS) is 7.69. The van der Waals surface area contributed by atoms with Gasteiger partial charge in [0.1, 0.15) is 6.04 Å². The standard InChI is InChI=1S/C12H11P.C6H12N.C3H9O3P.5CO.2Fe/c1-3-7-11(8-4-1)13-12-9-5-2-6-10-12;1-5(2)7-6(3)4;1-4-7(5-2)6-3;5*1-2;;/h1-10,13H;6H,1H2,2-4H3;1-3H3;;;;;;;/q;-1;;;;;;;;/p+1. The fourth-order valence-electron chi connectivity index (χ4n) is 1.93. The third-order valence-electron chi connectivity index (χ3n) is 2.82. The van der Waals surface area contributed by atoms with E-state index in [0.717, 1.165) is 14.3 Å². The summed E-state index contributed by atoms with van der Waals surface area (Å²) in [5, 5.41) is 2.79. The van der Waals surface area contributed by atoms with E-state index in [-0.39, 0.29) is 34.1 Å². The van der Waals surface area contributed by atoms with Crippen LogP contribution < -0.4 is 15.6 Å². The number of nitrogens with one attached hydrogen (secondary N) is 1. The number of hydrogen-bond acceptors (Lipinski definition) is 3. The third kappa shape index (κ3) is 53.5. The molecule has 2 rings (SSSR count). The number of benzene rings is 2. The second kappa shape index (κ2) is 56.6. The smallest absolute Gasteiger partial charge is 0.142 e. The van der Waals surface area contributed by atoms with Crippen LogP contribution >= 0.6 is 17.2 Å². The molecule has 0 aromatic heterocycles. The molecule has 0 atom stereocenters. The third-order valence-corrected chi connectivity index (χ3v) is 4.96. The van der Waals surface area contributed by atoms with E-state index in [1.165, 1.54) is 10.6 Å². The quantitative estimate of drug-likeness (QED) is 0.167. The van der Waals surface area contributed by atoms with Gasteiger partial charge in [0.15, 0.2) is 0 Å².